The van der Waals surface area contributed by atoms with E-state index in [9.17, 15) is 18.4 Å². The summed E-state index contributed by atoms with van der Waals surface area (Å²) in [4.78, 5) is 27.9. The van der Waals surface area contributed by atoms with Gasteiger partial charge in [0.25, 0.3) is 11.8 Å². The summed E-state index contributed by atoms with van der Waals surface area (Å²) in [5.74, 6) is -0.618. The van der Waals surface area contributed by atoms with Crippen LogP contribution in [0.4, 0.5) is 14.6 Å². The smallest absolute Gasteiger partial charge is 0.272 e. The highest BCUT2D eigenvalue weighted by molar-refractivity contribution is 14.1. The number of aromatic nitrogens is 4. The lowest BCUT2D eigenvalue weighted by molar-refractivity contribution is 0.0734. The van der Waals surface area contributed by atoms with Crippen LogP contribution in [0.2, 0.25) is 10.0 Å². The molecule has 0 radical (unpaired) electrons. The third-order valence-electron chi connectivity index (χ3n) is 7.23. The van der Waals surface area contributed by atoms with Gasteiger partial charge in [-0.1, -0.05) is 23.2 Å². The second kappa shape index (κ2) is 12.2. The Morgan fingerprint density at radius 2 is 1.24 bits per heavy atom. The van der Waals surface area contributed by atoms with E-state index in [0.717, 1.165) is 9.26 Å². The van der Waals surface area contributed by atoms with Crippen molar-refractivity contribution in [1.82, 2.24) is 29.4 Å². The highest BCUT2D eigenvalue weighted by atomic mass is 127. The Kier molecular flexibility index (Phi) is 8.76. The van der Waals surface area contributed by atoms with Crippen molar-refractivity contribution >= 4 is 63.4 Å². The lowest BCUT2D eigenvalue weighted by Crippen LogP contribution is -2.38. The summed E-state index contributed by atoms with van der Waals surface area (Å²) in [5, 5.41) is 9.52. The van der Waals surface area contributed by atoms with E-state index < -0.39 is 0 Å². The summed E-state index contributed by atoms with van der Waals surface area (Å²) in [6, 6.07) is 8.39. The fraction of sp³-hybridized carbons (Fsp3) is 0.286. The molecule has 220 valence electrons. The van der Waals surface area contributed by atoms with Gasteiger partial charge in [-0.05, 0) is 70.1 Å². The summed E-state index contributed by atoms with van der Waals surface area (Å²) >= 11 is 14.3. The minimum atomic E-state index is -0.377. The van der Waals surface area contributed by atoms with Crippen molar-refractivity contribution in [2.24, 2.45) is 0 Å². The van der Waals surface area contributed by atoms with Crippen LogP contribution in [-0.4, -0.2) is 68.4 Å². The number of rotatable bonds is 4. The summed E-state index contributed by atoms with van der Waals surface area (Å²) in [6.07, 6.45) is 0.668. The maximum absolute atomic E-state index is 13.4. The Balaban J connectivity index is 0.000000168. The highest BCUT2D eigenvalue weighted by Gasteiger charge is 2.30. The second-order valence-corrected chi connectivity index (χ2v) is 11.9. The van der Waals surface area contributed by atoms with Crippen LogP contribution in [0.1, 0.15) is 43.2 Å². The molecule has 6 rings (SSSR count). The minimum absolute atomic E-state index is 0.0563. The molecule has 2 aromatic heterocycles. The van der Waals surface area contributed by atoms with E-state index in [0.29, 0.717) is 70.7 Å². The van der Waals surface area contributed by atoms with Gasteiger partial charge in [-0.25, -0.2) is 8.78 Å². The minimum Gasteiger partial charge on any atom is -0.382 e. The standard InChI is InChI=1S/C14H12ClFIN3O.C14H14ClFN4O/c2*1-19-4-5-20-12(14(19)21)10(13(17)18-20)7-8-6-9(16)2-3-11(8)15/h2-3,6H,4-5,7H2,1H3;2-3,6H,4-5,7H2,1H3,(H2,17,18). The van der Waals surface area contributed by atoms with Gasteiger partial charge in [0.1, 0.15) is 32.5 Å². The third-order valence-corrected chi connectivity index (χ3v) is 8.83. The van der Waals surface area contributed by atoms with E-state index in [4.69, 9.17) is 28.9 Å². The molecule has 0 bridgehead atoms. The molecular formula is C28H26Cl2F2IN7O2. The summed E-state index contributed by atoms with van der Waals surface area (Å²) in [7, 11) is 3.50. The van der Waals surface area contributed by atoms with Crippen molar-refractivity contribution in [3.63, 3.8) is 0 Å². The Bertz CT molecular complexity index is 1580. The first-order valence-electron chi connectivity index (χ1n) is 12.9. The fourth-order valence-corrected chi connectivity index (χ4v) is 5.99. The topological polar surface area (TPSA) is 102 Å². The maximum Gasteiger partial charge on any atom is 0.272 e. The molecule has 0 saturated carbocycles. The molecule has 0 atom stereocenters. The van der Waals surface area contributed by atoms with Gasteiger partial charge >= 0.3 is 0 Å². The summed E-state index contributed by atoms with van der Waals surface area (Å²) in [5.41, 5.74) is 9.61. The molecule has 2 aromatic carbocycles. The molecule has 14 heteroatoms. The quantitative estimate of drug-likeness (QED) is 0.302. The molecule has 4 heterocycles. The van der Waals surface area contributed by atoms with Crippen LogP contribution in [0.15, 0.2) is 36.4 Å². The zero-order valence-electron chi connectivity index (χ0n) is 22.7. The van der Waals surface area contributed by atoms with Crippen LogP contribution in [0, 0.1) is 15.3 Å². The first-order chi connectivity index (χ1) is 19.9. The van der Waals surface area contributed by atoms with Crippen molar-refractivity contribution in [2.45, 2.75) is 25.9 Å². The molecule has 0 spiro atoms. The molecule has 0 fully saturated rings. The van der Waals surface area contributed by atoms with Crippen LogP contribution >= 0.6 is 45.8 Å². The number of likely N-dealkylation sites (N-methyl/N-ethyl adjacent to an activating group) is 2. The fourth-order valence-electron chi connectivity index (χ4n) is 4.91. The summed E-state index contributed by atoms with van der Waals surface area (Å²) in [6.45, 7) is 2.50. The number of halogens is 5. The van der Waals surface area contributed by atoms with E-state index in [1.807, 2.05) is 0 Å². The molecule has 4 aromatic rings. The van der Waals surface area contributed by atoms with Gasteiger partial charge in [0.2, 0.25) is 0 Å². The van der Waals surface area contributed by atoms with E-state index >= 15 is 0 Å². The molecule has 2 aliphatic heterocycles. The predicted octanol–water partition coefficient (Wildman–Crippen LogP) is 4.89. The van der Waals surface area contributed by atoms with Crippen molar-refractivity contribution in [3.05, 3.63) is 95.4 Å². The maximum atomic E-state index is 13.4. The number of carbonyl (C=O) groups is 2. The van der Waals surface area contributed by atoms with Gasteiger partial charge < -0.3 is 15.5 Å². The molecule has 2 N–H and O–H groups in total. The van der Waals surface area contributed by atoms with E-state index in [1.165, 1.54) is 36.4 Å². The average Bonchev–Trinajstić information content (AvgIpc) is 3.44. The van der Waals surface area contributed by atoms with E-state index in [-0.39, 0.29) is 35.7 Å². The van der Waals surface area contributed by atoms with E-state index in [2.05, 4.69) is 32.8 Å². The van der Waals surface area contributed by atoms with Crippen molar-refractivity contribution in [2.75, 3.05) is 32.9 Å². The molecule has 42 heavy (non-hydrogen) atoms. The number of benzene rings is 2. The van der Waals surface area contributed by atoms with Gasteiger partial charge in [-0.2, -0.15) is 10.2 Å². The first kappa shape index (κ1) is 30.2. The normalized spacial score (nSPS) is 14.5. The number of nitrogen functional groups attached to an aromatic ring is 1. The lowest BCUT2D eigenvalue weighted by Gasteiger charge is -2.24. The molecule has 0 aliphatic carbocycles. The van der Waals surface area contributed by atoms with Crippen molar-refractivity contribution in [3.8, 4) is 0 Å². The van der Waals surface area contributed by atoms with Gasteiger partial charge in [0.05, 0.1) is 13.1 Å². The van der Waals surface area contributed by atoms with Crippen LogP contribution in [-0.2, 0) is 25.9 Å². The number of fused-ring (bicyclic) bond motifs is 2. The monoisotopic (exact) mass is 727 g/mol. The Morgan fingerprint density at radius 1 is 0.786 bits per heavy atom. The lowest BCUT2D eigenvalue weighted by atomic mass is 10.0. The number of amides is 2. The molecule has 0 unspecified atom stereocenters. The van der Waals surface area contributed by atoms with Crippen molar-refractivity contribution in [1.29, 1.82) is 0 Å². The predicted molar refractivity (Wildman–Crippen MR) is 164 cm³/mol. The third kappa shape index (κ3) is 5.97. The van der Waals surface area contributed by atoms with Crippen LogP contribution in [0.25, 0.3) is 0 Å². The van der Waals surface area contributed by atoms with Gasteiger partial charge in [0, 0.05) is 61.2 Å². The zero-order chi connectivity index (χ0) is 30.3. The number of carbonyl (C=O) groups excluding carboxylic acids is 2. The highest BCUT2D eigenvalue weighted by Crippen LogP contribution is 2.29. The van der Waals surface area contributed by atoms with E-state index in [1.54, 1.807) is 33.3 Å². The largest absolute Gasteiger partial charge is 0.382 e. The van der Waals surface area contributed by atoms with Crippen LogP contribution in [0.3, 0.4) is 0 Å². The SMILES string of the molecule is CN1CCn2nc(I)c(Cc3cc(F)ccc3Cl)c2C1=O.CN1CCn2nc(N)c(Cc3cc(F)ccc3Cl)c2C1=O. The Morgan fingerprint density at radius 3 is 1.76 bits per heavy atom. The first-order valence-corrected chi connectivity index (χ1v) is 14.8. The van der Waals surface area contributed by atoms with Gasteiger partial charge in [0.15, 0.2) is 0 Å². The Labute approximate surface area is 264 Å². The molecule has 2 aliphatic rings. The molecule has 9 nitrogen and oxygen atoms in total. The molecule has 2 amide bonds. The second-order valence-electron chi connectivity index (χ2n) is 10.1. The number of nitrogens with zero attached hydrogens (tertiary/aromatic N) is 6. The number of hydrogen-bond donors (Lipinski definition) is 1. The van der Waals surface area contributed by atoms with Crippen molar-refractivity contribution < 1.29 is 18.4 Å². The average molecular weight is 728 g/mol. The molecular weight excluding hydrogens is 702 g/mol. The van der Waals surface area contributed by atoms with Crippen LogP contribution in [0.5, 0.6) is 0 Å². The Hall–Kier alpha value is -3.23. The number of hydrogen-bond acceptors (Lipinski definition) is 5. The number of nitrogens with two attached hydrogens (primary N) is 1. The van der Waals surface area contributed by atoms with Gasteiger partial charge in [-0.3, -0.25) is 19.0 Å². The number of anilines is 1. The van der Waals surface area contributed by atoms with Gasteiger partial charge in [-0.15, -0.1) is 0 Å². The zero-order valence-corrected chi connectivity index (χ0v) is 26.3. The molecule has 0 saturated heterocycles. The summed E-state index contributed by atoms with van der Waals surface area (Å²) < 4.78 is 30.9. The van der Waals surface area contributed by atoms with Crippen LogP contribution < -0.4 is 5.73 Å².